The van der Waals surface area contributed by atoms with Crippen molar-refractivity contribution >= 4 is 23.2 Å². The highest BCUT2D eigenvalue weighted by molar-refractivity contribution is 6.00. The molecule has 1 unspecified atom stereocenters. The van der Waals surface area contributed by atoms with Crippen molar-refractivity contribution in [1.82, 2.24) is 4.98 Å². The van der Waals surface area contributed by atoms with Crippen molar-refractivity contribution in [3.05, 3.63) is 53.2 Å². The Morgan fingerprint density at radius 3 is 2.81 bits per heavy atom. The van der Waals surface area contributed by atoms with E-state index in [2.05, 4.69) is 16.4 Å². The van der Waals surface area contributed by atoms with Crippen LogP contribution in [0.5, 0.6) is 0 Å². The molecule has 27 heavy (non-hydrogen) atoms. The Labute approximate surface area is 158 Å². The summed E-state index contributed by atoms with van der Waals surface area (Å²) in [6.07, 6.45) is 1.62. The van der Waals surface area contributed by atoms with Crippen LogP contribution in [-0.4, -0.2) is 29.8 Å². The first-order chi connectivity index (χ1) is 13.0. The summed E-state index contributed by atoms with van der Waals surface area (Å²) >= 11 is 0. The van der Waals surface area contributed by atoms with Crippen LogP contribution >= 0.6 is 0 Å². The highest BCUT2D eigenvalue weighted by atomic mass is 16.2. The number of nitrogens with one attached hydrogen (secondary N) is 1. The molecule has 0 bridgehead atoms. The molecule has 1 aromatic carbocycles. The molecule has 6 nitrogen and oxygen atoms in total. The number of nitrogens with zero attached hydrogens (tertiary/aromatic N) is 3. The fraction of sp³-hybridized carbons (Fsp3) is 0.333. The van der Waals surface area contributed by atoms with Gasteiger partial charge in [-0.3, -0.25) is 9.59 Å². The summed E-state index contributed by atoms with van der Waals surface area (Å²) in [5.41, 5.74) is 2.66. The third-order valence-electron chi connectivity index (χ3n) is 4.78. The lowest BCUT2D eigenvalue weighted by molar-refractivity contribution is -0.120. The third-order valence-corrected chi connectivity index (χ3v) is 4.78. The van der Waals surface area contributed by atoms with Crippen LogP contribution in [0.4, 0.5) is 11.5 Å². The van der Waals surface area contributed by atoms with Crippen molar-refractivity contribution in [3.63, 3.8) is 0 Å². The van der Waals surface area contributed by atoms with Crippen LogP contribution in [0.15, 0.2) is 36.4 Å². The van der Waals surface area contributed by atoms with Gasteiger partial charge in [-0.05, 0) is 57.0 Å². The van der Waals surface area contributed by atoms with Crippen molar-refractivity contribution in [1.29, 1.82) is 5.26 Å². The molecular formula is C21H22N4O2. The Hall–Kier alpha value is -3.20. The smallest absolute Gasteiger partial charge is 0.230 e. The summed E-state index contributed by atoms with van der Waals surface area (Å²) in [7, 11) is 0. The number of rotatable bonds is 4. The Bertz CT molecular complexity index is 917. The summed E-state index contributed by atoms with van der Waals surface area (Å²) in [6, 6.07) is 12.7. The number of aromatic nitrogens is 1. The van der Waals surface area contributed by atoms with Gasteiger partial charge in [0.05, 0.1) is 17.6 Å². The van der Waals surface area contributed by atoms with E-state index in [0.717, 1.165) is 30.8 Å². The quantitative estimate of drug-likeness (QED) is 0.843. The molecule has 3 rings (SSSR count). The van der Waals surface area contributed by atoms with E-state index in [-0.39, 0.29) is 17.6 Å². The van der Waals surface area contributed by atoms with Gasteiger partial charge < -0.3 is 10.2 Å². The van der Waals surface area contributed by atoms with Gasteiger partial charge >= 0.3 is 0 Å². The minimum atomic E-state index is -0.202. The number of hydrogen-bond donors (Lipinski definition) is 1. The molecule has 0 saturated carbocycles. The second kappa shape index (κ2) is 8.00. The molecule has 6 heteroatoms. The number of carbonyl (C=O) groups is 2. The van der Waals surface area contributed by atoms with Crippen LogP contribution in [0.1, 0.15) is 41.4 Å². The molecule has 1 aliphatic rings. The maximum Gasteiger partial charge on any atom is 0.230 e. The minimum absolute atomic E-state index is 0.0509. The summed E-state index contributed by atoms with van der Waals surface area (Å²) in [5, 5.41) is 12.1. The van der Waals surface area contributed by atoms with Crippen molar-refractivity contribution < 1.29 is 9.59 Å². The Morgan fingerprint density at radius 1 is 1.30 bits per heavy atom. The van der Waals surface area contributed by atoms with Crippen molar-refractivity contribution in [2.45, 2.75) is 26.7 Å². The SMILES string of the molecule is CC(=O)c1ccc(C#N)cc1N1CCCC(C(=O)Nc2cccc(C)n2)C1. The molecule has 0 aliphatic carbocycles. The molecule has 1 aliphatic heterocycles. The average molecular weight is 362 g/mol. The number of ketones is 1. The van der Waals surface area contributed by atoms with E-state index in [0.29, 0.717) is 23.5 Å². The highest BCUT2D eigenvalue weighted by Crippen LogP contribution is 2.28. The normalized spacial score (nSPS) is 16.5. The number of anilines is 2. The fourth-order valence-corrected chi connectivity index (χ4v) is 3.41. The van der Waals surface area contributed by atoms with E-state index in [1.807, 2.05) is 24.0 Å². The molecule has 1 amide bonds. The van der Waals surface area contributed by atoms with Gasteiger partial charge in [0.1, 0.15) is 5.82 Å². The van der Waals surface area contributed by atoms with Gasteiger partial charge in [0.25, 0.3) is 0 Å². The second-order valence-electron chi connectivity index (χ2n) is 6.84. The zero-order chi connectivity index (χ0) is 19.4. The maximum absolute atomic E-state index is 12.7. The summed E-state index contributed by atoms with van der Waals surface area (Å²) in [5.74, 6) is 0.225. The summed E-state index contributed by atoms with van der Waals surface area (Å²) in [4.78, 5) is 31.1. The first-order valence-electron chi connectivity index (χ1n) is 9.02. The number of aryl methyl sites for hydroxylation is 1. The Morgan fingerprint density at radius 2 is 2.11 bits per heavy atom. The van der Waals surface area contributed by atoms with Gasteiger partial charge in [0, 0.05) is 30.0 Å². The highest BCUT2D eigenvalue weighted by Gasteiger charge is 2.28. The fourth-order valence-electron chi connectivity index (χ4n) is 3.41. The average Bonchev–Trinajstić information content (AvgIpc) is 2.67. The van der Waals surface area contributed by atoms with E-state index < -0.39 is 0 Å². The number of pyridine rings is 1. The van der Waals surface area contributed by atoms with Crippen LogP contribution in [-0.2, 0) is 4.79 Å². The second-order valence-corrected chi connectivity index (χ2v) is 6.84. The van der Waals surface area contributed by atoms with Gasteiger partial charge in [0.2, 0.25) is 5.91 Å². The van der Waals surface area contributed by atoms with Crippen LogP contribution in [0.2, 0.25) is 0 Å². The molecular weight excluding hydrogens is 340 g/mol. The van der Waals surface area contributed by atoms with Crippen LogP contribution in [0.3, 0.4) is 0 Å². The number of amides is 1. The molecule has 2 heterocycles. The molecule has 0 radical (unpaired) electrons. The van der Waals surface area contributed by atoms with Crippen LogP contribution < -0.4 is 10.2 Å². The van der Waals surface area contributed by atoms with Crippen molar-refractivity contribution in [3.8, 4) is 6.07 Å². The van der Waals surface area contributed by atoms with Gasteiger partial charge in [-0.25, -0.2) is 4.98 Å². The zero-order valence-corrected chi connectivity index (χ0v) is 15.5. The van der Waals surface area contributed by atoms with E-state index in [4.69, 9.17) is 0 Å². The van der Waals surface area contributed by atoms with E-state index in [1.165, 1.54) is 6.92 Å². The van der Waals surface area contributed by atoms with Gasteiger partial charge in [-0.15, -0.1) is 0 Å². The molecule has 1 atom stereocenters. The molecule has 138 valence electrons. The Kier molecular flexibility index (Phi) is 5.51. The molecule has 1 fully saturated rings. The van der Waals surface area contributed by atoms with E-state index in [9.17, 15) is 14.9 Å². The first kappa shape index (κ1) is 18.6. The first-order valence-corrected chi connectivity index (χ1v) is 9.02. The summed E-state index contributed by atoms with van der Waals surface area (Å²) in [6.45, 7) is 4.65. The van der Waals surface area contributed by atoms with Crippen LogP contribution in [0.25, 0.3) is 0 Å². The lowest BCUT2D eigenvalue weighted by Crippen LogP contribution is -2.41. The number of benzene rings is 1. The van der Waals surface area contributed by atoms with E-state index >= 15 is 0 Å². The van der Waals surface area contributed by atoms with Crippen molar-refractivity contribution in [2.75, 3.05) is 23.3 Å². The third kappa shape index (κ3) is 4.32. The number of carbonyl (C=O) groups excluding carboxylic acids is 2. The lowest BCUT2D eigenvalue weighted by Gasteiger charge is -2.34. The molecule has 0 spiro atoms. The van der Waals surface area contributed by atoms with Crippen LogP contribution in [0, 0.1) is 24.2 Å². The molecule has 1 N–H and O–H groups in total. The van der Waals surface area contributed by atoms with Gasteiger partial charge in [0.15, 0.2) is 5.78 Å². The van der Waals surface area contributed by atoms with Gasteiger partial charge in [-0.1, -0.05) is 6.07 Å². The molecule has 2 aromatic rings. The molecule has 1 aromatic heterocycles. The zero-order valence-electron chi connectivity index (χ0n) is 15.5. The number of hydrogen-bond acceptors (Lipinski definition) is 5. The topological polar surface area (TPSA) is 86.1 Å². The van der Waals surface area contributed by atoms with Gasteiger partial charge in [-0.2, -0.15) is 5.26 Å². The largest absolute Gasteiger partial charge is 0.370 e. The predicted molar refractivity (Wildman–Crippen MR) is 104 cm³/mol. The number of Topliss-reactive ketones (excluding diaryl/α,β-unsaturated/α-hetero) is 1. The summed E-state index contributed by atoms with van der Waals surface area (Å²) < 4.78 is 0. The van der Waals surface area contributed by atoms with Crippen molar-refractivity contribution in [2.24, 2.45) is 5.92 Å². The predicted octanol–water partition coefficient (Wildman–Crippen LogP) is 3.32. The minimum Gasteiger partial charge on any atom is -0.370 e. The molecule has 1 saturated heterocycles. The number of nitriles is 1. The standard InChI is InChI=1S/C21H22N4O2/c1-14-5-3-7-20(23-14)24-21(27)17-6-4-10-25(13-17)19-11-16(12-22)8-9-18(19)15(2)26/h3,5,7-9,11,17H,4,6,10,13H2,1-2H3,(H,23,24,27). The van der Waals surface area contributed by atoms with E-state index in [1.54, 1.807) is 24.3 Å². The number of piperidine rings is 1. The maximum atomic E-state index is 12.7. The Balaban J connectivity index is 1.79. The lowest BCUT2D eigenvalue weighted by atomic mass is 9.95. The monoisotopic (exact) mass is 362 g/mol.